The highest BCUT2D eigenvalue weighted by molar-refractivity contribution is 7.91. The van der Waals surface area contributed by atoms with Gasteiger partial charge in [0.05, 0.1) is 18.1 Å². The SMILES string of the molecule is CCN(CC(=O)N[C@@H]1CCS(=O)(=O)C1)Cc1ccccc1C. The predicted molar refractivity (Wildman–Crippen MR) is 87.3 cm³/mol. The van der Waals surface area contributed by atoms with Crippen LogP contribution in [0.3, 0.4) is 0 Å². The van der Waals surface area contributed by atoms with Gasteiger partial charge in [-0.15, -0.1) is 0 Å². The second-order valence-electron chi connectivity index (χ2n) is 5.90. The first-order valence-corrected chi connectivity index (χ1v) is 9.48. The summed E-state index contributed by atoms with van der Waals surface area (Å²) in [4.78, 5) is 14.2. The van der Waals surface area contributed by atoms with Gasteiger partial charge < -0.3 is 5.32 Å². The smallest absolute Gasteiger partial charge is 0.234 e. The fourth-order valence-corrected chi connectivity index (χ4v) is 4.37. The zero-order valence-corrected chi connectivity index (χ0v) is 14.0. The lowest BCUT2D eigenvalue weighted by molar-refractivity contribution is -0.122. The first-order chi connectivity index (χ1) is 10.4. The molecule has 22 heavy (non-hydrogen) atoms. The lowest BCUT2D eigenvalue weighted by Gasteiger charge is -2.22. The molecule has 1 saturated heterocycles. The zero-order chi connectivity index (χ0) is 16.2. The summed E-state index contributed by atoms with van der Waals surface area (Å²) in [6, 6.07) is 7.91. The zero-order valence-electron chi connectivity index (χ0n) is 13.2. The summed E-state index contributed by atoms with van der Waals surface area (Å²) in [5.74, 6) is 0.152. The summed E-state index contributed by atoms with van der Waals surface area (Å²) >= 11 is 0. The molecule has 1 aromatic rings. The van der Waals surface area contributed by atoms with Gasteiger partial charge in [0, 0.05) is 12.6 Å². The fourth-order valence-electron chi connectivity index (χ4n) is 2.69. The Morgan fingerprint density at radius 2 is 2.09 bits per heavy atom. The van der Waals surface area contributed by atoms with Crippen molar-refractivity contribution in [2.45, 2.75) is 32.9 Å². The molecule has 5 nitrogen and oxygen atoms in total. The molecular weight excluding hydrogens is 300 g/mol. The van der Waals surface area contributed by atoms with Crippen molar-refractivity contribution in [3.8, 4) is 0 Å². The molecule has 6 heteroatoms. The van der Waals surface area contributed by atoms with Gasteiger partial charge >= 0.3 is 0 Å². The van der Waals surface area contributed by atoms with E-state index in [4.69, 9.17) is 0 Å². The molecule has 1 amide bonds. The number of sulfone groups is 1. The Labute approximate surface area is 132 Å². The largest absolute Gasteiger partial charge is 0.351 e. The van der Waals surface area contributed by atoms with E-state index in [-0.39, 0.29) is 23.5 Å². The van der Waals surface area contributed by atoms with Crippen molar-refractivity contribution < 1.29 is 13.2 Å². The van der Waals surface area contributed by atoms with Crippen LogP contribution < -0.4 is 5.32 Å². The molecule has 1 aliphatic rings. The van der Waals surface area contributed by atoms with E-state index < -0.39 is 9.84 Å². The van der Waals surface area contributed by atoms with Gasteiger partial charge in [-0.05, 0) is 31.0 Å². The van der Waals surface area contributed by atoms with Gasteiger partial charge in [-0.3, -0.25) is 9.69 Å². The minimum atomic E-state index is -2.96. The molecule has 1 atom stereocenters. The van der Waals surface area contributed by atoms with E-state index >= 15 is 0 Å². The number of hydrogen-bond acceptors (Lipinski definition) is 4. The van der Waals surface area contributed by atoms with Crippen molar-refractivity contribution in [3.05, 3.63) is 35.4 Å². The van der Waals surface area contributed by atoms with E-state index in [0.29, 0.717) is 13.0 Å². The summed E-state index contributed by atoms with van der Waals surface area (Å²) < 4.78 is 22.8. The fraction of sp³-hybridized carbons (Fsp3) is 0.562. The number of likely N-dealkylation sites (N-methyl/N-ethyl adjacent to an activating group) is 1. The molecule has 0 saturated carbocycles. The van der Waals surface area contributed by atoms with Crippen LogP contribution in [0.25, 0.3) is 0 Å². The maximum absolute atomic E-state index is 12.1. The molecular formula is C16H24N2O3S. The van der Waals surface area contributed by atoms with Crippen LogP contribution in [-0.4, -0.2) is 49.9 Å². The number of aryl methyl sites for hydroxylation is 1. The van der Waals surface area contributed by atoms with E-state index in [0.717, 1.165) is 13.1 Å². The van der Waals surface area contributed by atoms with Crippen LogP contribution in [0.4, 0.5) is 0 Å². The van der Waals surface area contributed by atoms with Gasteiger partial charge in [-0.25, -0.2) is 8.42 Å². The summed E-state index contributed by atoms with van der Waals surface area (Å²) in [7, 11) is -2.96. The van der Waals surface area contributed by atoms with Crippen LogP contribution in [0.1, 0.15) is 24.5 Å². The molecule has 0 unspecified atom stereocenters. The quantitative estimate of drug-likeness (QED) is 0.851. The molecule has 0 aromatic heterocycles. The Kier molecular flexibility index (Phi) is 5.58. The summed E-state index contributed by atoms with van der Waals surface area (Å²) in [5, 5.41) is 2.84. The Bertz CT molecular complexity index is 628. The Balaban J connectivity index is 1.87. The van der Waals surface area contributed by atoms with E-state index in [1.165, 1.54) is 11.1 Å². The second-order valence-corrected chi connectivity index (χ2v) is 8.13. The molecule has 122 valence electrons. The molecule has 0 aliphatic carbocycles. The summed E-state index contributed by atoms with van der Waals surface area (Å²) in [5.41, 5.74) is 2.42. The predicted octanol–water partition coefficient (Wildman–Crippen LogP) is 1.12. The van der Waals surface area contributed by atoms with Gasteiger partial charge in [0.15, 0.2) is 9.84 Å². The number of amides is 1. The number of rotatable bonds is 6. The topological polar surface area (TPSA) is 66.5 Å². The second kappa shape index (κ2) is 7.24. The molecule has 1 N–H and O–H groups in total. The van der Waals surface area contributed by atoms with Gasteiger partial charge in [0.2, 0.25) is 5.91 Å². The van der Waals surface area contributed by atoms with Crippen LogP contribution in [0.2, 0.25) is 0 Å². The number of nitrogens with zero attached hydrogens (tertiary/aromatic N) is 1. The number of nitrogens with one attached hydrogen (secondary N) is 1. The van der Waals surface area contributed by atoms with E-state index in [2.05, 4.69) is 29.3 Å². The van der Waals surface area contributed by atoms with E-state index in [1.54, 1.807) is 0 Å². The molecule has 1 fully saturated rings. The van der Waals surface area contributed by atoms with Crippen molar-refractivity contribution >= 4 is 15.7 Å². The average molecular weight is 324 g/mol. The van der Waals surface area contributed by atoms with Gasteiger partial charge in [0.25, 0.3) is 0 Å². The highest BCUT2D eigenvalue weighted by atomic mass is 32.2. The third-order valence-corrected chi connectivity index (χ3v) is 5.84. The van der Waals surface area contributed by atoms with Crippen LogP contribution >= 0.6 is 0 Å². The van der Waals surface area contributed by atoms with Crippen LogP contribution in [0, 0.1) is 6.92 Å². The highest BCUT2D eigenvalue weighted by Gasteiger charge is 2.29. The van der Waals surface area contributed by atoms with Gasteiger partial charge in [-0.2, -0.15) is 0 Å². The maximum atomic E-state index is 12.1. The first kappa shape index (κ1) is 17.0. The molecule has 0 spiro atoms. The molecule has 1 aliphatic heterocycles. The van der Waals surface area contributed by atoms with E-state index in [9.17, 15) is 13.2 Å². The molecule has 0 radical (unpaired) electrons. The number of carbonyl (C=O) groups is 1. The van der Waals surface area contributed by atoms with Gasteiger partial charge in [-0.1, -0.05) is 31.2 Å². The highest BCUT2D eigenvalue weighted by Crippen LogP contribution is 2.12. The Hall–Kier alpha value is -1.40. The Morgan fingerprint density at radius 1 is 1.36 bits per heavy atom. The molecule has 1 aromatic carbocycles. The van der Waals surface area contributed by atoms with Crippen molar-refractivity contribution in [2.75, 3.05) is 24.6 Å². The third-order valence-electron chi connectivity index (χ3n) is 4.07. The monoisotopic (exact) mass is 324 g/mol. The standard InChI is InChI=1S/C16H24N2O3S/c1-3-18(10-14-7-5-4-6-13(14)2)11-16(19)17-15-8-9-22(20,21)12-15/h4-7,15H,3,8-12H2,1-2H3,(H,17,19)/t15-/m1/s1. The molecule has 1 heterocycles. The normalized spacial score (nSPS) is 20.2. The van der Waals surface area contributed by atoms with Crippen molar-refractivity contribution in [3.63, 3.8) is 0 Å². The summed E-state index contributed by atoms with van der Waals surface area (Å²) in [6.45, 7) is 5.86. The minimum Gasteiger partial charge on any atom is -0.351 e. The Morgan fingerprint density at radius 3 is 2.68 bits per heavy atom. The third kappa shape index (κ3) is 4.81. The molecule has 2 rings (SSSR count). The maximum Gasteiger partial charge on any atom is 0.234 e. The molecule has 0 bridgehead atoms. The van der Waals surface area contributed by atoms with Gasteiger partial charge in [0.1, 0.15) is 0 Å². The first-order valence-electron chi connectivity index (χ1n) is 7.66. The number of hydrogen-bond donors (Lipinski definition) is 1. The average Bonchev–Trinajstić information content (AvgIpc) is 2.79. The lowest BCUT2D eigenvalue weighted by atomic mass is 10.1. The van der Waals surface area contributed by atoms with E-state index in [1.807, 2.05) is 19.1 Å². The van der Waals surface area contributed by atoms with Crippen LogP contribution in [0.15, 0.2) is 24.3 Å². The lowest BCUT2D eigenvalue weighted by Crippen LogP contribution is -2.42. The van der Waals surface area contributed by atoms with Crippen molar-refractivity contribution in [2.24, 2.45) is 0 Å². The van der Waals surface area contributed by atoms with Crippen LogP contribution in [-0.2, 0) is 21.2 Å². The van der Waals surface area contributed by atoms with Crippen molar-refractivity contribution in [1.82, 2.24) is 10.2 Å². The van der Waals surface area contributed by atoms with Crippen molar-refractivity contribution in [1.29, 1.82) is 0 Å². The number of carbonyl (C=O) groups excluding carboxylic acids is 1. The number of benzene rings is 1. The summed E-state index contributed by atoms with van der Waals surface area (Å²) in [6.07, 6.45) is 0.526. The van der Waals surface area contributed by atoms with Crippen LogP contribution in [0.5, 0.6) is 0 Å². The minimum absolute atomic E-state index is 0.0721.